The number of ether oxygens (including phenoxy) is 3. The number of amides is 4. The van der Waals surface area contributed by atoms with Gasteiger partial charge in [0.2, 0.25) is 23.6 Å². The van der Waals surface area contributed by atoms with Crippen molar-refractivity contribution in [2.24, 2.45) is 17.8 Å². The highest BCUT2D eigenvalue weighted by Crippen LogP contribution is 2.30. The number of benzene rings is 1. The van der Waals surface area contributed by atoms with E-state index in [9.17, 15) is 24.0 Å². The average molecular weight is 744 g/mol. The Balaban J connectivity index is 1.77. The molecule has 2 heterocycles. The van der Waals surface area contributed by atoms with Crippen LogP contribution in [0.3, 0.4) is 0 Å². The van der Waals surface area contributed by atoms with Gasteiger partial charge in [0.05, 0.1) is 49.3 Å². The fourth-order valence-corrected chi connectivity index (χ4v) is 7.92. The first-order valence-corrected chi connectivity index (χ1v) is 19.2. The molecule has 0 saturated carbocycles. The zero-order valence-electron chi connectivity index (χ0n) is 33.6. The van der Waals surface area contributed by atoms with Crippen LogP contribution in [0, 0.1) is 17.8 Å². The Morgan fingerprint density at radius 3 is 2.23 bits per heavy atom. The molecule has 3 N–H and O–H groups in total. The van der Waals surface area contributed by atoms with E-state index in [0.717, 1.165) is 31.4 Å². The van der Waals surface area contributed by atoms with Crippen LogP contribution in [0.5, 0.6) is 0 Å². The molecule has 13 nitrogen and oxygen atoms in total. The van der Waals surface area contributed by atoms with Crippen LogP contribution >= 0.6 is 0 Å². The third-order valence-electron chi connectivity index (χ3n) is 11.4. The highest BCUT2D eigenvalue weighted by Gasteiger charge is 2.44. The molecule has 0 spiro atoms. The Bertz CT molecular complexity index is 1370. The molecule has 2 saturated heterocycles. The molecule has 13 heteroatoms. The molecule has 3 rings (SSSR count). The average Bonchev–Trinajstić information content (AvgIpc) is 3.83. The summed E-state index contributed by atoms with van der Waals surface area (Å²) in [6.07, 6.45) is 2.71. The summed E-state index contributed by atoms with van der Waals surface area (Å²) >= 11 is 0. The molecule has 53 heavy (non-hydrogen) atoms. The third kappa shape index (κ3) is 11.0. The van der Waals surface area contributed by atoms with Gasteiger partial charge in [-0.1, -0.05) is 71.4 Å². The van der Waals surface area contributed by atoms with Crippen molar-refractivity contribution in [2.75, 3.05) is 41.5 Å². The minimum Gasteiger partial charge on any atom is -0.467 e. The summed E-state index contributed by atoms with van der Waals surface area (Å²) in [7, 11) is 6.10. The van der Waals surface area contributed by atoms with E-state index in [0.29, 0.717) is 19.4 Å². The number of nitrogens with one attached hydrogen (secondary N) is 3. The van der Waals surface area contributed by atoms with Crippen LogP contribution in [0.4, 0.5) is 0 Å². The summed E-state index contributed by atoms with van der Waals surface area (Å²) in [6, 6.07) is 6.90. The normalized spacial score (nSPS) is 22.6. The van der Waals surface area contributed by atoms with Gasteiger partial charge in [-0.05, 0) is 56.6 Å². The van der Waals surface area contributed by atoms with Gasteiger partial charge in [-0.2, -0.15) is 0 Å². The van der Waals surface area contributed by atoms with Crippen LogP contribution in [0.25, 0.3) is 0 Å². The number of carbonyl (C=O) groups excluding carboxylic acids is 5. The second-order valence-corrected chi connectivity index (χ2v) is 15.4. The molecule has 0 unspecified atom stereocenters. The zero-order valence-corrected chi connectivity index (χ0v) is 33.6. The monoisotopic (exact) mass is 743 g/mol. The van der Waals surface area contributed by atoms with Crippen LogP contribution in [-0.2, 0) is 44.6 Å². The van der Waals surface area contributed by atoms with E-state index in [-0.39, 0.29) is 54.3 Å². The van der Waals surface area contributed by atoms with Gasteiger partial charge in [-0.3, -0.25) is 19.2 Å². The van der Waals surface area contributed by atoms with Crippen LogP contribution in [0.15, 0.2) is 30.3 Å². The van der Waals surface area contributed by atoms with Crippen LogP contribution in [0.1, 0.15) is 85.6 Å². The maximum Gasteiger partial charge on any atom is 0.328 e. The van der Waals surface area contributed by atoms with Crippen molar-refractivity contribution in [3.8, 4) is 0 Å². The SMILES string of the molecule is CC[C@H](C)[C@@H]([C@@H](CC(=O)N1CCC[C@H]1[C@H](OC)[C@@H](C)C(=O)N[C@@H](Cc1ccccc1)C(=O)OC)OC)N(C)C(=O)[C@@H](NC(=O)[C@@]1(C)CCCN1)C(C)C. The molecule has 298 valence electrons. The first kappa shape index (κ1) is 43.9. The molecule has 0 radical (unpaired) electrons. The Morgan fingerprint density at radius 1 is 1.00 bits per heavy atom. The molecule has 1 aromatic carbocycles. The number of esters is 1. The van der Waals surface area contributed by atoms with Crippen LogP contribution in [0.2, 0.25) is 0 Å². The van der Waals surface area contributed by atoms with Gasteiger partial charge >= 0.3 is 5.97 Å². The van der Waals surface area contributed by atoms with E-state index < -0.39 is 47.8 Å². The molecule has 2 aliphatic heterocycles. The van der Waals surface area contributed by atoms with E-state index in [1.165, 1.54) is 14.2 Å². The van der Waals surface area contributed by atoms with E-state index in [4.69, 9.17) is 14.2 Å². The summed E-state index contributed by atoms with van der Waals surface area (Å²) in [5.41, 5.74) is 0.155. The first-order valence-electron chi connectivity index (χ1n) is 19.2. The number of nitrogens with zero attached hydrogens (tertiary/aromatic N) is 2. The van der Waals surface area contributed by atoms with Gasteiger partial charge < -0.3 is 40.0 Å². The topological polar surface area (TPSA) is 156 Å². The molecule has 1 aromatic rings. The van der Waals surface area contributed by atoms with Crippen molar-refractivity contribution >= 4 is 29.6 Å². The Labute approximate surface area is 316 Å². The number of rotatable bonds is 19. The van der Waals surface area contributed by atoms with Crippen molar-refractivity contribution in [3.63, 3.8) is 0 Å². The van der Waals surface area contributed by atoms with E-state index in [2.05, 4.69) is 16.0 Å². The summed E-state index contributed by atoms with van der Waals surface area (Å²) in [5, 5.41) is 9.16. The molecular weight excluding hydrogens is 678 g/mol. The van der Waals surface area contributed by atoms with E-state index in [1.54, 1.807) is 30.9 Å². The molecule has 9 atom stereocenters. The van der Waals surface area contributed by atoms with E-state index in [1.807, 2.05) is 65.0 Å². The smallest absolute Gasteiger partial charge is 0.328 e. The first-order chi connectivity index (χ1) is 25.1. The number of methoxy groups -OCH3 is 3. The summed E-state index contributed by atoms with van der Waals surface area (Å²) in [6.45, 7) is 12.8. The lowest BCUT2D eigenvalue weighted by molar-refractivity contribution is -0.149. The minimum absolute atomic E-state index is 0.0127. The zero-order chi connectivity index (χ0) is 39.5. The molecule has 0 aromatic heterocycles. The number of likely N-dealkylation sites (tertiary alicyclic amines) is 1. The predicted octanol–water partition coefficient (Wildman–Crippen LogP) is 3.09. The second-order valence-electron chi connectivity index (χ2n) is 15.4. The largest absolute Gasteiger partial charge is 0.467 e. The lowest BCUT2D eigenvalue weighted by Crippen LogP contribution is -2.61. The fourth-order valence-electron chi connectivity index (χ4n) is 7.92. The van der Waals surface area contributed by atoms with Gasteiger partial charge in [0.1, 0.15) is 12.1 Å². The van der Waals surface area contributed by atoms with Gasteiger partial charge in [-0.25, -0.2) is 4.79 Å². The maximum atomic E-state index is 14.2. The van der Waals surface area contributed by atoms with Crippen molar-refractivity contribution < 1.29 is 38.2 Å². The Morgan fingerprint density at radius 2 is 1.68 bits per heavy atom. The van der Waals surface area contributed by atoms with Crippen molar-refractivity contribution in [1.29, 1.82) is 0 Å². The highest BCUT2D eigenvalue weighted by molar-refractivity contribution is 5.92. The molecule has 0 bridgehead atoms. The minimum atomic E-state index is -0.887. The number of hydrogen-bond donors (Lipinski definition) is 3. The molecule has 4 amide bonds. The maximum absolute atomic E-state index is 14.2. The lowest BCUT2D eigenvalue weighted by Gasteiger charge is -2.41. The molecule has 2 aliphatic rings. The van der Waals surface area contributed by atoms with Crippen LogP contribution in [-0.4, -0.2) is 123 Å². The fraction of sp³-hybridized carbons (Fsp3) is 0.725. The van der Waals surface area contributed by atoms with Gasteiger partial charge in [0, 0.05) is 34.2 Å². The molecule has 0 aliphatic carbocycles. The lowest BCUT2D eigenvalue weighted by atomic mass is 9.89. The standard InChI is InChI=1S/C40H65N5O8/c1-11-26(4)34(44(7)37(48)33(25(2)3)43-39(50)40(6)20-16-21-41-40)31(51-8)24-32(46)45-22-15-19-30(45)35(52-9)27(5)36(47)42-29(38(49)53-10)23-28-17-13-12-14-18-28/h12-14,17-18,25-27,29-31,33-35,41H,11,15-16,19-24H2,1-10H3,(H,42,47)(H,43,50)/t26-,27+,29-,30-,31+,33-,34-,35+,40+/m0/s1. The highest BCUT2D eigenvalue weighted by atomic mass is 16.5. The second kappa shape index (κ2) is 20.2. The van der Waals surface area contributed by atoms with Crippen molar-refractivity contribution in [3.05, 3.63) is 35.9 Å². The van der Waals surface area contributed by atoms with Crippen molar-refractivity contribution in [1.82, 2.24) is 25.8 Å². The van der Waals surface area contributed by atoms with Crippen molar-refractivity contribution in [2.45, 2.75) is 128 Å². The van der Waals surface area contributed by atoms with Gasteiger partial charge in [-0.15, -0.1) is 0 Å². The number of hydrogen-bond acceptors (Lipinski definition) is 9. The Hall–Kier alpha value is -3.55. The van der Waals surface area contributed by atoms with Crippen LogP contribution < -0.4 is 16.0 Å². The number of likely N-dealkylation sites (N-methyl/N-ethyl adjacent to an activating group) is 1. The molecule has 2 fully saturated rings. The summed E-state index contributed by atoms with van der Waals surface area (Å²) in [4.78, 5) is 71.4. The molecular formula is C40H65N5O8. The Kier molecular flexibility index (Phi) is 16.7. The van der Waals surface area contributed by atoms with E-state index >= 15 is 0 Å². The third-order valence-corrected chi connectivity index (χ3v) is 11.4. The summed E-state index contributed by atoms with van der Waals surface area (Å²) < 4.78 is 16.9. The summed E-state index contributed by atoms with van der Waals surface area (Å²) in [5.74, 6) is -2.40. The predicted molar refractivity (Wildman–Crippen MR) is 203 cm³/mol. The quantitative estimate of drug-likeness (QED) is 0.181. The van der Waals surface area contributed by atoms with Gasteiger partial charge in [0.25, 0.3) is 0 Å². The van der Waals surface area contributed by atoms with Gasteiger partial charge in [0.15, 0.2) is 0 Å². The number of carbonyl (C=O) groups is 5.